The van der Waals surface area contributed by atoms with E-state index in [2.05, 4.69) is 45.7 Å². The maximum Gasteiger partial charge on any atom is 0.191 e. The van der Waals surface area contributed by atoms with E-state index in [9.17, 15) is 5.11 Å². The summed E-state index contributed by atoms with van der Waals surface area (Å²) in [7, 11) is -1.70. The molecular formula is C21H35Cl2NO2Si. The fraction of sp³-hybridized carbons (Fsp3) is 0.714. The summed E-state index contributed by atoms with van der Waals surface area (Å²) in [5, 5.41) is 11.6. The minimum Gasteiger partial charge on any atom is -0.417 e. The lowest BCUT2D eigenvalue weighted by Gasteiger charge is -2.45. The first-order valence-corrected chi connectivity index (χ1v) is 13.5. The van der Waals surface area contributed by atoms with Gasteiger partial charge in [0.2, 0.25) is 0 Å². The first kappa shape index (κ1) is 23.2. The van der Waals surface area contributed by atoms with E-state index in [0.29, 0.717) is 16.0 Å². The quantitative estimate of drug-likeness (QED) is 0.565. The number of halogens is 2. The summed E-state index contributed by atoms with van der Waals surface area (Å²) in [6, 6.07) is 5.56. The summed E-state index contributed by atoms with van der Waals surface area (Å²) in [5.74, 6) is 0.585. The van der Waals surface area contributed by atoms with Gasteiger partial charge in [-0.2, -0.15) is 0 Å². The molecule has 6 heteroatoms. The van der Waals surface area contributed by atoms with Crippen molar-refractivity contribution in [1.82, 2.24) is 4.90 Å². The molecule has 2 rings (SSSR count). The second-order valence-electron chi connectivity index (χ2n) is 9.59. The molecule has 1 saturated heterocycles. The lowest BCUT2D eigenvalue weighted by atomic mass is 9.87. The highest BCUT2D eigenvalue weighted by Crippen LogP contribution is 2.38. The fourth-order valence-corrected chi connectivity index (χ4v) is 4.99. The second kappa shape index (κ2) is 8.72. The van der Waals surface area contributed by atoms with Crippen LogP contribution in [0.25, 0.3) is 0 Å². The summed E-state index contributed by atoms with van der Waals surface area (Å²) in [6.45, 7) is 16.3. The van der Waals surface area contributed by atoms with E-state index in [4.69, 9.17) is 27.6 Å². The van der Waals surface area contributed by atoms with Crippen LogP contribution in [0.15, 0.2) is 18.2 Å². The molecule has 27 heavy (non-hydrogen) atoms. The lowest BCUT2D eigenvalue weighted by molar-refractivity contribution is 0.00781. The minimum absolute atomic E-state index is 0.0365. The highest BCUT2D eigenvalue weighted by atomic mass is 35.5. The zero-order chi connectivity index (χ0) is 20.5. The lowest BCUT2D eigenvalue weighted by Crippen LogP contribution is -2.51. The largest absolute Gasteiger partial charge is 0.417 e. The number of aliphatic hydroxyl groups is 1. The van der Waals surface area contributed by atoms with Crippen LogP contribution in [-0.2, 0) is 9.96 Å². The Balaban J connectivity index is 2.01. The van der Waals surface area contributed by atoms with Crippen LogP contribution < -0.4 is 0 Å². The second-order valence-corrected chi connectivity index (χ2v) is 15.3. The highest BCUT2D eigenvalue weighted by Gasteiger charge is 2.39. The van der Waals surface area contributed by atoms with Gasteiger partial charge in [0.05, 0.1) is 12.1 Å². The molecular weight excluding hydrogens is 397 g/mol. The minimum atomic E-state index is -1.70. The van der Waals surface area contributed by atoms with Gasteiger partial charge in [-0.25, -0.2) is 0 Å². The predicted molar refractivity (Wildman–Crippen MR) is 118 cm³/mol. The highest BCUT2D eigenvalue weighted by molar-refractivity contribution is 6.74. The summed E-state index contributed by atoms with van der Waals surface area (Å²) >= 11 is 12.4. The molecule has 0 radical (unpaired) electrons. The first-order chi connectivity index (χ1) is 12.4. The number of nitrogens with zero attached hydrogens (tertiary/aromatic N) is 1. The molecule has 0 spiro atoms. The first-order valence-electron chi connectivity index (χ1n) is 9.85. The molecule has 1 fully saturated rings. The predicted octanol–water partition coefficient (Wildman–Crippen LogP) is 5.93. The summed E-state index contributed by atoms with van der Waals surface area (Å²) in [6.07, 6.45) is 2.16. The third-order valence-electron chi connectivity index (χ3n) is 6.59. The number of benzene rings is 1. The van der Waals surface area contributed by atoms with E-state index >= 15 is 0 Å². The Labute approximate surface area is 176 Å². The molecule has 1 atom stereocenters. The Morgan fingerprint density at radius 3 is 2.04 bits per heavy atom. The molecule has 0 aliphatic carbocycles. The van der Waals surface area contributed by atoms with E-state index < -0.39 is 13.9 Å². The Morgan fingerprint density at radius 2 is 1.59 bits per heavy atom. The smallest absolute Gasteiger partial charge is 0.191 e. The van der Waals surface area contributed by atoms with Crippen LogP contribution in [0.1, 0.15) is 46.1 Å². The number of hydrogen-bond donors (Lipinski definition) is 1. The maximum atomic E-state index is 10.2. The normalized spacial score (nSPS) is 19.9. The summed E-state index contributed by atoms with van der Waals surface area (Å²) < 4.78 is 6.43. The molecule has 0 bridgehead atoms. The summed E-state index contributed by atoms with van der Waals surface area (Å²) in [4.78, 5) is 2.36. The zero-order valence-electron chi connectivity index (χ0n) is 17.6. The van der Waals surface area contributed by atoms with Gasteiger partial charge in [0.25, 0.3) is 0 Å². The zero-order valence-corrected chi connectivity index (χ0v) is 20.1. The number of likely N-dealkylation sites (tertiary alicyclic amines) is 1. The Hall–Kier alpha value is -0.103. The van der Waals surface area contributed by atoms with Gasteiger partial charge in [-0.3, -0.25) is 4.90 Å². The monoisotopic (exact) mass is 431 g/mol. The molecule has 0 saturated carbocycles. The van der Waals surface area contributed by atoms with Crippen LogP contribution in [0.3, 0.4) is 0 Å². The molecule has 0 aromatic heterocycles. The SMILES string of the molecule is CC(CO)(c1cc(Cl)cc(Cl)c1)N1CCC(CO[Si](C)(C)C(C)(C)C)CC1. The topological polar surface area (TPSA) is 32.7 Å². The van der Waals surface area contributed by atoms with Crippen molar-refractivity contribution in [2.45, 2.75) is 64.2 Å². The van der Waals surface area contributed by atoms with Crippen molar-refractivity contribution < 1.29 is 9.53 Å². The van der Waals surface area contributed by atoms with Gasteiger partial charge < -0.3 is 9.53 Å². The average molecular weight is 433 g/mol. The fourth-order valence-electron chi connectivity index (χ4n) is 3.37. The van der Waals surface area contributed by atoms with Gasteiger partial charge in [-0.15, -0.1) is 0 Å². The van der Waals surface area contributed by atoms with Gasteiger partial charge in [0.15, 0.2) is 8.32 Å². The average Bonchev–Trinajstić information content (AvgIpc) is 2.58. The van der Waals surface area contributed by atoms with Crippen molar-refractivity contribution in [3.63, 3.8) is 0 Å². The van der Waals surface area contributed by atoms with Crippen LogP contribution in [0, 0.1) is 5.92 Å². The Bertz CT molecular complexity index is 619. The van der Waals surface area contributed by atoms with Crippen molar-refractivity contribution in [2.24, 2.45) is 5.92 Å². The van der Waals surface area contributed by atoms with E-state index in [-0.39, 0.29) is 11.6 Å². The van der Waals surface area contributed by atoms with Crippen LogP contribution in [-0.4, -0.2) is 44.6 Å². The van der Waals surface area contributed by atoms with Gasteiger partial charge >= 0.3 is 0 Å². The third kappa shape index (κ3) is 5.49. The summed E-state index contributed by atoms with van der Waals surface area (Å²) in [5.41, 5.74) is 0.498. The number of hydrogen-bond acceptors (Lipinski definition) is 3. The van der Waals surface area contributed by atoms with Crippen LogP contribution in [0.4, 0.5) is 0 Å². The third-order valence-corrected chi connectivity index (χ3v) is 11.5. The molecule has 1 aliphatic heterocycles. The Kier molecular flexibility index (Phi) is 7.49. The number of aliphatic hydroxyl groups excluding tert-OH is 1. The maximum absolute atomic E-state index is 10.2. The van der Waals surface area contributed by atoms with Crippen molar-refractivity contribution in [1.29, 1.82) is 0 Å². The Morgan fingerprint density at radius 1 is 1.07 bits per heavy atom. The van der Waals surface area contributed by atoms with Crippen LogP contribution >= 0.6 is 23.2 Å². The molecule has 0 amide bonds. The standard InChI is InChI=1S/C21H35Cl2NO2Si/c1-20(2,3)27(5,6)26-14-16-7-9-24(10-8-16)21(4,15-25)17-11-18(22)13-19(23)12-17/h11-13,16,25H,7-10,14-15H2,1-6H3. The molecule has 1 N–H and O–H groups in total. The van der Waals surface area contributed by atoms with E-state index in [1.54, 1.807) is 6.07 Å². The van der Waals surface area contributed by atoms with Crippen molar-refractivity contribution in [3.8, 4) is 0 Å². The van der Waals surface area contributed by atoms with Crippen LogP contribution in [0.2, 0.25) is 28.2 Å². The van der Waals surface area contributed by atoms with Gasteiger partial charge in [0.1, 0.15) is 0 Å². The molecule has 154 valence electrons. The van der Waals surface area contributed by atoms with E-state index in [1.807, 2.05) is 12.1 Å². The van der Waals surface area contributed by atoms with E-state index in [0.717, 1.165) is 38.1 Å². The molecule has 1 aliphatic rings. The van der Waals surface area contributed by atoms with Crippen molar-refractivity contribution in [3.05, 3.63) is 33.8 Å². The van der Waals surface area contributed by atoms with Crippen molar-refractivity contribution in [2.75, 3.05) is 26.3 Å². The molecule has 1 heterocycles. The van der Waals surface area contributed by atoms with Crippen LogP contribution in [0.5, 0.6) is 0 Å². The molecule has 3 nitrogen and oxygen atoms in total. The van der Waals surface area contributed by atoms with Crippen molar-refractivity contribution >= 4 is 31.5 Å². The van der Waals surface area contributed by atoms with Gasteiger partial charge in [-0.1, -0.05) is 44.0 Å². The number of rotatable bonds is 6. The van der Waals surface area contributed by atoms with Gasteiger partial charge in [0, 0.05) is 16.7 Å². The number of piperidine rings is 1. The van der Waals surface area contributed by atoms with E-state index in [1.165, 1.54) is 0 Å². The molecule has 1 aromatic carbocycles. The molecule has 1 unspecified atom stereocenters. The van der Waals surface area contributed by atoms with Gasteiger partial charge in [-0.05, 0) is 80.7 Å². The molecule has 1 aromatic rings.